The lowest BCUT2D eigenvalue weighted by atomic mass is 9.93. The zero-order valence-electron chi connectivity index (χ0n) is 14.3. The molecule has 0 aliphatic rings. The number of benzene rings is 2. The number of nitrogens with two attached hydrogens (primary N) is 1. The molecule has 1 atom stereocenters. The van der Waals surface area contributed by atoms with Gasteiger partial charge in [-0.05, 0) is 61.2 Å². The van der Waals surface area contributed by atoms with Crippen LogP contribution in [0.25, 0.3) is 0 Å². The lowest BCUT2D eigenvalue weighted by Gasteiger charge is -2.19. The molecule has 3 nitrogen and oxygen atoms in total. The van der Waals surface area contributed by atoms with Crippen molar-refractivity contribution in [3.05, 3.63) is 59.2 Å². The van der Waals surface area contributed by atoms with Crippen LogP contribution in [0.4, 0.5) is 0 Å². The molecular formula is C20H27NO2. The largest absolute Gasteiger partial charge is 0.496 e. The fourth-order valence-electron chi connectivity index (χ4n) is 2.75. The van der Waals surface area contributed by atoms with Gasteiger partial charge in [0.15, 0.2) is 0 Å². The first kappa shape index (κ1) is 17.4. The van der Waals surface area contributed by atoms with E-state index in [0.717, 1.165) is 24.3 Å². The minimum Gasteiger partial charge on any atom is -0.496 e. The molecule has 0 aliphatic carbocycles. The number of hydrogen-bond donors (Lipinski definition) is 1. The third-order valence-electron chi connectivity index (χ3n) is 4.15. The summed E-state index contributed by atoms with van der Waals surface area (Å²) in [6, 6.07) is 14.5. The van der Waals surface area contributed by atoms with Crippen LogP contribution in [0.5, 0.6) is 11.5 Å². The summed E-state index contributed by atoms with van der Waals surface area (Å²) in [4.78, 5) is 0. The molecule has 124 valence electrons. The second kappa shape index (κ2) is 8.59. The summed E-state index contributed by atoms with van der Waals surface area (Å²) in [7, 11) is 1.71. The molecule has 0 aromatic heterocycles. The van der Waals surface area contributed by atoms with Crippen LogP contribution in [-0.4, -0.2) is 20.3 Å². The minimum absolute atomic E-state index is 0.237. The molecule has 1 unspecified atom stereocenters. The van der Waals surface area contributed by atoms with Crippen molar-refractivity contribution in [1.82, 2.24) is 0 Å². The molecule has 0 saturated heterocycles. The molecule has 2 aromatic carbocycles. The molecule has 2 N–H and O–H groups in total. The Kier molecular flexibility index (Phi) is 6.48. The Labute approximate surface area is 139 Å². The zero-order chi connectivity index (χ0) is 16.7. The average molecular weight is 313 g/mol. The van der Waals surface area contributed by atoms with Gasteiger partial charge in [0, 0.05) is 5.92 Å². The Bertz CT molecular complexity index is 625. The predicted octanol–water partition coefficient (Wildman–Crippen LogP) is 4.08. The highest BCUT2D eigenvalue weighted by molar-refractivity contribution is 5.40. The summed E-state index contributed by atoms with van der Waals surface area (Å²) in [5.41, 5.74) is 9.70. The molecule has 0 amide bonds. The van der Waals surface area contributed by atoms with E-state index in [1.54, 1.807) is 7.11 Å². The fourth-order valence-corrected chi connectivity index (χ4v) is 2.75. The lowest BCUT2D eigenvalue weighted by molar-refractivity contribution is 0.296. The Morgan fingerprint density at radius 1 is 1.13 bits per heavy atom. The first-order valence-electron chi connectivity index (χ1n) is 8.24. The van der Waals surface area contributed by atoms with Crippen LogP contribution in [0.2, 0.25) is 0 Å². The normalized spacial score (nSPS) is 12.0. The summed E-state index contributed by atoms with van der Waals surface area (Å²) in [6.07, 6.45) is 1.88. The van der Waals surface area contributed by atoms with Gasteiger partial charge >= 0.3 is 0 Å². The molecule has 23 heavy (non-hydrogen) atoms. The second-order valence-corrected chi connectivity index (χ2v) is 5.82. The topological polar surface area (TPSA) is 44.5 Å². The van der Waals surface area contributed by atoms with E-state index in [4.69, 9.17) is 15.2 Å². The molecule has 0 bridgehead atoms. The summed E-state index contributed by atoms with van der Waals surface area (Å²) in [5.74, 6) is 2.06. The maximum Gasteiger partial charge on any atom is 0.122 e. The molecule has 0 heterocycles. The molecule has 0 fully saturated rings. The summed E-state index contributed by atoms with van der Waals surface area (Å²) >= 11 is 0. The monoisotopic (exact) mass is 313 g/mol. The molecule has 2 rings (SSSR count). The quantitative estimate of drug-likeness (QED) is 0.798. The van der Waals surface area contributed by atoms with Gasteiger partial charge in [0.1, 0.15) is 11.5 Å². The van der Waals surface area contributed by atoms with Crippen molar-refractivity contribution >= 4 is 0 Å². The Balaban J connectivity index is 2.05. The van der Waals surface area contributed by atoms with Crippen LogP contribution in [-0.2, 0) is 6.42 Å². The first-order valence-corrected chi connectivity index (χ1v) is 8.24. The third kappa shape index (κ3) is 4.73. The van der Waals surface area contributed by atoms with E-state index in [1.807, 2.05) is 18.2 Å². The van der Waals surface area contributed by atoms with Gasteiger partial charge in [-0.1, -0.05) is 31.2 Å². The van der Waals surface area contributed by atoms with Crippen LogP contribution in [0.1, 0.15) is 36.0 Å². The highest BCUT2D eigenvalue weighted by Crippen LogP contribution is 2.30. The maximum absolute atomic E-state index is 6.01. The van der Waals surface area contributed by atoms with Crippen molar-refractivity contribution < 1.29 is 9.47 Å². The van der Waals surface area contributed by atoms with Gasteiger partial charge in [-0.25, -0.2) is 0 Å². The first-order chi connectivity index (χ1) is 11.2. The molecule has 0 spiro atoms. The molecule has 0 radical (unpaired) electrons. The van der Waals surface area contributed by atoms with E-state index in [-0.39, 0.29) is 5.92 Å². The van der Waals surface area contributed by atoms with E-state index >= 15 is 0 Å². The van der Waals surface area contributed by atoms with Gasteiger partial charge in [-0.3, -0.25) is 0 Å². The standard InChI is InChI=1S/C20H27NO2/c1-4-16-8-9-20(22-3)19(13-16)17(14-21)10-11-23-18-7-5-6-15(2)12-18/h5-9,12-13,17H,4,10-11,14,21H2,1-3H3. The maximum atomic E-state index is 6.01. The van der Waals surface area contributed by atoms with Crippen molar-refractivity contribution in [3.8, 4) is 11.5 Å². The minimum atomic E-state index is 0.237. The molecule has 3 heteroatoms. The number of hydrogen-bond acceptors (Lipinski definition) is 3. The highest BCUT2D eigenvalue weighted by atomic mass is 16.5. The molecule has 0 saturated carbocycles. The van der Waals surface area contributed by atoms with Crippen molar-refractivity contribution in [2.24, 2.45) is 5.73 Å². The Morgan fingerprint density at radius 2 is 1.96 bits per heavy atom. The van der Waals surface area contributed by atoms with Gasteiger partial charge < -0.3 is 15.2 Å². The van der Waals surface area contributed by atoms with Gasteiger partial charge in [0.25, 0.3) is 0 Å². The van der Waals surface area contributed by atoms with Crippen molar-refractivity contribution in [2.75, 3.05) is 20.3 Å². The third-order valence-corrected chi connectivity index (χ3v) is 4.15. The lowest BCUT2D eigenvalue weighted by Crippen LogP contribution is -2.16. The van der Waals surface area contributed by atoms with Crippen molar-refractivity contribution in [1.29, 1.82) is 0 Å². The van der Waals surface area contributed by atoms with E-state index < -0.39 is 0 Å². The van der Waals surface area contributed by atoms with Crippen LogP contribution in [0.15, 0.2) is 42.5 Å². The number of methoxy groups -OCH3 is 1. The van der Waals surface area contributed by atoms with Crippen LogP contribution in [0.3, 0.4) is 0 Å². The summed E-state index contributed by atoms with van der Waals surface area (Å²) < 4.78 is 11.4. The fraction of sp³-hybridized carbons (Fsp3) is 0.400. The smallest absolute Gasteiger partial charge is 0.122 e. The van der Waals surface area contributed by atoms with E-state index in [0.29, 0.717) is 13.2 Å². The summed E-state index contributed by atoms with van der Waals surface area (Å²) in [6.45, 7) is 5.45. The van der Waals surface area contributed by atoms with Crippen LogP contribution in [0, 0.1) is 6.92 Å². The number of aryl methyl sites for hydroxylation is 2. The molecular weight excluding hydrogens is 286 g/mol. The van der Waals surface area contributed by atoms with Crippen molar-refractivity contribution in [2.45, 2.75) is 32.6 Å². The van der Waals surface area contributed by atoms with Gasteiger partial charge in [0.2, 0.25) is 0 Å². The van der Waals surface area contributed by atoms with Gasteiger partial charge in [-0.15, -0.1) is 0 Å². The predicted molar refractivity (Wildman–Crippen MR) is 95.5 cm³/mol. The highest BCUT2D eigenvalue weighted by Gasteiger charge is 2.15. The summed E-state index contributed by atoms with van der Waals surface area (Å²) in [5, 5.41) is 0. The molecule has 0 aliphatic heterocycles. The number of rotatable bonds is 8. The molecule has 2 aromatic rings. The van der Waals surface area contributed by atoms with E-state index in [2.05, 4.69) is 38.1 Å². The van der Waals surface area contributed by atoms with Gasteiger partial charge in [-0.2, -0.15) is 0 Å². The SMILES string of the molecule is CCc1ccc(OC)c(C(CN)CCOc2cccc(C)c2)c1. The Morgan fingerprint density at radius 3 is 2.61 bits per heavy atom. The van der Waals surface area contributed by atoms with E-state index in [1.165, 1.54) is 16.7 Å². The zero-order valence-corrected chi connectivity index (χ0v) is 14.3. The average Bonchev–Trinajstić information content (AvgIpc) is 2.58. The van der Waals surface area contributed by atoms with E-state index in [9.17, 15) is 0 Å². The van der Waals surface area contributed by atoms with Crippen molar-refractivity contribution in [3.63, 3.8) is 0 Å². The Hall–Kier alpha value is -2.00. The second-order valence-electron chi connectivity index (χ2n) is 5.82. The van der Waals surface area contributed by atoms with Crippen LogP contribution >= 0.6 is 0 Å². The van der Waals surface area contributed by atoms with Gasteiger partial charge in [0.05, 0.1) is 13.7 Å². The van der Waals surface area contributed by atoms with Crippen LogP contribution < -0.4 is 15.2 Å². The number of ether oxygens (including phenoxy) is 2.